The second kappa shape index (κ2) is 18.1. The summed E-state index contributed by atoms with van der Waals surface area (Å²) in [4.78, 5) is 27.8. The Hall–Kier alpha value is -1.30. The highest BCUT2D eigenvalue weighted by molar-refractivity contribution is 5.86. The molecule has 1 atom stereocenters. The fraction of sp³-hybridized carbons (Fsp3) is 0.882. The fourth-order valence-electron chi connectivity index (χ4n) is 1.94. The van der Waals surface area contributed by atoms with Gasteiger partial charge in [0, 0.05) is 13.5 Å². The van der Waals surface area contributed by atoms with Crippen LogP contribution in [0.4, 0.5) is 0 Å². The lowest BCUT2D eigenvalue weighted by Crippen LogP contribution is -2.47. The quantitative estimate of drug-likeness (QED) is 0.192. The van der Waals surface area contributed by atoms with E-state index in [0.717, 1.165) is 0 Å². The average Bonchev–Trinajstić information content (AvgIpc) is 2.62. The lowest BCUT2D eigenvalue weighted by atomic mass is 10.0. The molecule has 27 heavy (non-hydrogen) atoms. The summed E-state index contributed by atoms with van der Waals surface area (Å²) in [6.07, 6.45) is 0.166. The molecule has 0 aromatic carbocycles. The van der Waals surface area contributed by atoms with Crippen LogP contribution in [0.15, 0.2) is 0 Å². The average molecular weight is 393 g/mol. The smallest absolute Gasteiger partial charge is 0.240 e. The molecule has 0 aromatic rings. The number of amides is 2. The molecular weight excluding hydrogens is 358 g/mol. The van der Waals surface area contributed by atoms with Gasteiger partial charge in [-0.05, 0) is 5.92 Å². The number of hydrogen-bond acceptors (Lipinski definition) is 8. The number of carbonyl (C=O) groups excluding carboxylic acids is 2. The van der Waals surface area contributed by atoms with Crippen LogP contribution in [0.3, 0.4) is 0 Å². The van der Waals surface area contributed by atoms with Gasteiger partial charge in [-0.1, -0.05) is 13.8 Å². The number of nitrogens with one attached hydrogen (secondary N) is 2. The molecule has 0 fully saturated rings. The maximum atomic E-state index is 11.7. The number of nitrogens with two attached hydrogens (primary N) is 1. The first-order chi connectivity index (χ1) is 13.0. The van der Waals surface area contributed by atoms with E-state index in [2.05, 4.69) is 10.8 Å². The van der Waals surface area contributed by atoms with Crippen molar-refractivity contribution in [2.24, 2.45) is 11.7 Å². The van der Waals surface area contributed by atoms with Gasteiger partial charge < -0.3 is 30.0 Å². The largest absolute Gasteiger partial charge is 0.379 e. The first-order valence-electron chi connectivity index (χ1n) is 9.17. The van der Waals surface area contributed by atoms with E-state index >= 15 is 0 Å². The molecule has 2 amide bonds. The monoisotopic (exact) mass is 393 g/mol. The molecule has 4 N–H and O–H groups in total. The molecule has 10 heteroatoms. The van der Waals surface area contributed by atoms with Crippen molar-refractivity contribution in [3.63, 3.8) is 0 Å². The number of hydrogen-bond donors (Lipinski definition) is 3. The Kier molecular flexibility index (Phi) is 17.2. The minimum Gasteiger partial charge on any atom is -0.379 e. The van der Waals surface area contributed by atoms with E-state index < -0.39 is 11.9 Å². The van der Waals surface area contributed by atoms with Crippen LogP contribution in [0.25, 0.3) is 0 Å². The van der Waals surface area contributed by atoms with Crippen molar-refractivity contribution in [2.75, 3.05) is 66.5 Å². The van der Waals surface area contributed by atoms with Crippen LogP contribution in [0, 0.1) is 5.92 Å². The molecular formula is C17H35N3O7. The third-order valence-electron chi connectivity index (χ3n) is 3.35. The predicted molar refractivity (Wildman–Crippen MR) is 98.9 cm³/mol. The van der Waals surface area contributed by atoms with Gasteiger partial charge in [-0.2, -0.15) is 0 Å². The normalized spacial score (nSPS) is 12.3. The number of carbonyl (C=O) groups is 2. The van der Waals surface area contributed by atoms with Crippen LogP contribution >= 0.6 is 0 Å². The van der Waals surface area contributed by atoms with Crippen LogP contribution in [0.1, 0.15) is 20.3 Å². The third kappa shape index (κ3) is 16.6. The van der Waals surface area contributed by atoms with Crippen molar-refractivity contribution in [3.05, 3.63) is 0 Å². The Morgan fingerprint density at radius 2 is 1.26 bits per heavy atom. The van der Waals surface area contributed by atoms with E-state index in [4.69, 9.17) is 29.5 Å². The van der Waals surface area contributed by atoms with Crippen LogP contribution in [0.5, 0.6) is 0 Å². The second-order valence-corrected chi connectivity index (χ2v) is 5.94. The molecule has 0 aliphatic carbocycles. The van der Waals surface area contributed by atoms with Crippen LogP contribution in [0.2, 0.25) is 0 Å². The van der Waals surface area contributed by atoms with E-state index in [-0.39, 0.29) is 24.9 Å². The maximum absolute atomic E-state index is 11.7. The SMILES string of the molecule is CNOCCOCCOCCOCCOCCC(=O)N[C@H](C(N)=O)C(C)C. The molecule has 0 rings (SSSR count). The number of ether oxygens (including phenoxy) is 4. The summed E-state index contributed by atoms with van der Waals surface area (Å²) in [5.74, 6) is -0.854. The standard InChI is InChI=1S/C17H35N3O7/c1-14(2)16(17(18)22)20-15(21)4-5-23-6-7-24-8-9-25-10-11-26-12-13-27-19-3/h14,16,19H,4-13H2,1-3H3,(H2,18,22)(H,20,21)/t16-/m0/s1. The number of primary amides is 1. The summed E-state index contributed by atoms with van der Waals surface area (Å²) in [5.41, 5.74) is 7.80. The molecule has 0 unspecified atom stereocenters. The van der Waals surface area contributed by atoms with Gasteiger partial charge in [0.25, 0.3) is 0 Å². The van der Waals surface area contributed by atoms with E-state index in [1.807, 2.05) is 13.8 Å². The van der Waals surface area contributed by atoms with E-state index in [1.54, 1.807) is 7.05 Å². The third-order valence-corrected chi connectivity index (χ3v) is 3.35. The molecule has 0 aromatic heterocycles. The highest BCUT2D eigenvalue weighted by Gasteiger charge is 2.21. The van der Waals surface area contributed by atoms with Crippen molar-refractivity contribution in [1.29, 1.82) is 0 Å². The molecule has 0 spiro atoms. The zero-order valence-electron chi connectivity index (χ0n) is 16.7. The minimum atomic E-state index is -0.659. The topological polar surface area (TPSA) is 130 Å². The molecule has 0 heterocycles. The molecule has 160 valence electrons. The summed E-state index contributed by atoms with van der Waals surface area (Å²) >= 11 is 0. The van der Waals surface area contributed by atoms with Gasteiger partial charge in [-0.3, -0.25) is 14.4 Å². The first kappa shape index (κ1) is 25.7. The Labute approximate surface area is 161 Å². The first-order valence-corrected chi connectivity index (χ1v) is 9.17. The van der Waals surface area contributed by atoms with Crippen LogP contribution in [-0.2, 0) is 33.4 Å². The zero-order valence-corrected chi connectivity index (χ0v) is 16.7. The Morgan fingerprint density at radius 1 is 0.815 bits per heavy atom. The molecule has 0 aliphatic rings. The van der Waals surface area contributed by atoms with Gasteiger partial charge in [0.2, 0.25) is 11.8 Å². The predicted octanol–water partition coefficient (Wildman–Crippen LogP) is -0.780. The lowest BCUT2D eigenvalue weighted by Gasteiger charge is -2.18. The molecule has 0 saturated heterocycles. The molecule has 10 nitrogen and oxygen atoms in total. The lowest BCUT2D eigenvalue weighted by molar-refractivity contribution is -0.129. The van der Waals surface area contributed by atoms with Gasteiger partial charge in [-0.15, -0.1) is 0 Å². The van der Waals surface area contributed by atoms with Crippen LogP contribution < -0.4 is 16.5 Å². The van der Waals surface area contributed by atoms with Gasteiger partial charge in [0.05, 0.1) is 59.5 Å². The Bertz CT molecular complexity index is 384. The van der Waals surface area contributed by atoms with Crippen molar-refractivity contribution < 1.29 is 33.4 Å². The Balaban J connectivity index is 3.35. The van der Waals surface area contributed by atoms with Gasteiger partial charge in [0.15, 0.2) is 0 Å². The summed E-state index contributed by atoms with van der Waals surface area (Å²) in [6.45, 7) is 7.63. The summed E-state index contributed by atoms with van der Waals surface area (Å²) in [5, 5.41) is 2.60. The second-order valence-electron chi connectivity index (χ2n) is 5.94. The molecule has 0 aliphatic heterocycles. The highest BCUT2D eigenvalue weighted by Crippen LogP contribution is 2.01. The maximum Gasteiger partial charge on any atom is 0.240 e. The van der Waals surface area contributed by atoms with Gasteiger partial charge >= 0.3 is 0 Å². The van der Waals surface area contributed by atoms with E-state index in [9.17, 15) is 9.59 Å². The van der Waals surface area contributed by atoms with Crippen molar-refractivity contribution >= 4 is 11.8 Å². The summed E-state index contributed by atoms with van der Waals surface area (Å²) in [7, 11) is 1.69. The summed E-state index contributed by atoms with van der Waals surface area (Å²) in [6, 6.07) is -0.659. The zero-order chi connectivity index (χ0) is 20.3. The van der Waals surface area contributed by atoms with Gasteiger partial charge in [0.1, 0.15) is 6.04 Å². The van der Waals surface area contributed by atoms with Gasteiger partial charge in [-0.25, -0.2) is 5.48 Å². The van der Waals surface area contributed by atoms with Crippen molar-refractivity contribution in [2.45, 2.75) is 26.3 Å². The number of hydroxylamine groups is 1. The fourth-order valence-corrected chi connectivity index (χ4v) is 1.94. The van der Waals surface area contributed by atoms with E-state index in [0.29, 0.717) is 52.9 Å². The Morgan fingerprint density at radius 3 is 1.67 bits per heavy atom. The number of rotatable bonds is 19. The highest BCUT2D eigenvalue weighted by atomic mass is 16.7. The van der Waals surface area contributed by atoms with Crippen molar-refractivity contribution in [1.82, 2.24) is 10.8 Å². The van der Waals surface area contributed by atoms with E-state index in [1.165, 1.54) is 0 Å². The summed E-state index contributed by atoms with van der Waals surface area (Å²) < 4.78 is 21.3. The van der Waals surface area contributed by atoms with Crippen molar-refractivity contribution in [3.8, 4) is 0 Å². The minimum absolute atomic E-state index is 0.0538. The molecule has 0 saturated carbocycles. The molecule has 0 bridgehead atoms. The molecule has 0 radical (unpaired) electrons. The van der Waals surface area contributed by atoms with Crippen LogP contribution in [-0.4, -0.2) is 84.4 Å².